The fourth-order valence-corrected chi connectivity index (χ4v) is 7.92. The smallest absolute Gasteiger partial charge is 0.301 e. The highest BCUT2D eigenvalue weighted by molar-refractivity contribution is 8.00. The summed E-state index contributed by atoms with van der Waals surface area (Å²) in [6.07, 6.45) is 0. The fourth-order valence-electron chi connectivity index (χ4n) is 5.74. The van der Waals surface area contributed by atoms with E-state index in [1.54, 1.807) is 42.5 Å². The highest BCUT2D eigenvalue weighted by atomic mass is 35.5. The van der Waals surface area contributed by atoms with Crippen LogP contribution < -0.4 is 9.64 Å². The average Bonchev–Trinajstić information content (AvgIpc) is 3.69. The molecule has 0 radical (unpaired) electrons. The number of halogens is 2. The predicted octanol–water partition coefficient (Wildman–Crippen LogP) is 9.80. The first-order valence-corrected chi connectivity index (χ1v) is 17.8. The molecule has 1 N–H and O–H groups in total. The Kier molecular flexibility index (Phi) is 9.42. The Morgan fingerprint density at radius 1 is 0.878 bits per heavy atom. The molecule has 5 aromatic carbocycles. The number of fused-ring (bicyclic) bond motifs is 1. The molecule has 7 rings (SSSR count). The van der Waals surface area contributed by atoms with Gasteiger partial charge in [0.1, 0.15) is 18.1 Å². The fraction of sp³-hybridized carbons (Fsp3) is 0.105. The number of aryl methyl sites for hydroxylation is 1. The molecule has 1 fully saturated rings. The summed E-state index contributed by atoms with van der Waals surface area (Å²) in [6, 6.07) is 32.8. The lowest BCUT2D eigenvalue weighted by Gasteiger charge is -2.23. The van der Waals surface area contributed by atoms with Crippen LogP contribution in [-0.2, 0) is 21.9 Å². The number of hydrogen-bond donors (Lipinski definition) is 1. The lowest BCUT2D eigenvalue weighted by atomic mass is 9.95. The van der Waals surface area contributed by atoms with E-state index in [-0.39, 0.29) is 21.5 Å². The van der Waals surface area contributed by atoms with Gasteiger partial charge in [-0.15, -0.1) is 10.2 Å². The zero-order valence-electron chi connectivity index (χ0n) is 26.0. The standard InChI is InChI=1S/C38H27Cl2N3O4S2/c1-22-7-2-3-9-26(22)20-47-28-16-13-24(14-17-28)34(44)32-33(25-15-18-30(39)31(40)19-25)43(36(46)35(32)45)37-41-42-38(49-37)48-21-27-11-6-10-23-8-4-5-12-29(23)27/h2-19,33,44H,20-21H2,1H3/b34-32+. The zero-order chi connectivity index (χ0) is 34.1. The van der Waals surface area contributed by atoms with Crippen LogP contribution in [0.5, 0.6) is 5.75 Å². The number of carbonyl (C=O) groups is 2. The largest absolute Gasteiger partial charge is 0.507 e. The van der Waals surface area contributed by atoms with Crippen molar-refractivity contribution in [1.29, 1.82) is 0 Å². The van der Waals surface area contributed by atoms with Gasteiger partial charge in [-0.25, -0.2) is 0 Å². The molecule has 1 aliphatic rings. The molecule has 1 aromatic heterocycles. The van der Waals surface area contributed by atoms with E-state index in [0.29, 0.717) is 38.6 Å². The van der Waals surface area contributed by atoms with Crippen LogP contribution >= 0.6 is 46.3 Å². The van der Waals surface area contributed by atoms with Gasteiger partial charge in [0.25, 0.3) is 5.78 Å². The molecule has 6 aromatic rings. The van der Waals surface area contributed by atoms with Gasteiger partial charge in [0.2, 0.25) is 5.13 Å². The van der Waals surface area contributed by atoms with E-state index in [4.69, 9.17) is 27.9 Å². The van der Waals surface area contributed by atoms with E-state index in [9.17, 15) is 14.7 Å². The Morgan fingerprint density at radius 3 is 2.41 bits per heavy atom. The van der Waals surface area contributed by atoms with Crippen molar-refractivity contribution in [2.75, 3.05) is 4.90 Å². The molecule has 1 atom stereocenters. The van der Waals surface area contributed by atoms with E-state index in [1.807, 2.05) is 49.4 Å². The van der Waals surface area contributed by atoms with Crippen LogP contribution in [0.2, 0.25) is 10.0 Å². The summed E-state index contributed by atoms with van der Waals surface area (Å²) in [6.45, 7) is 2.40. The number of thioether (sulfide) groups is 1. The maximum absolute atomic E-state index is 13.7. The van der Waals surface area contributed by atoms with Crippen molar-refractivity contribution < 1.29 is 19.4 Å². The average molecular weight is 725 g/mol. The second-order valence-corrected chi connectivity index (χ2v) is 14.4. The second-order valence-electron chi connectivity index (χ2n) is 11.4. The van der Waals surface area contributed by atoms with Crippen LogP contribution in [-0.4, -0.2) is 27.0 Å². The molecule has 0 aliphatic carbocycles. The number of aliphatic hydroxyl groups is 1. The van der Waals surface area contributed by atoms with Gasteiger partial charge >= 0.3 is 5.91 Å². The minimum Gasteiger partial charge on any atom is -0.507 e. The van der Waals surface area contributed by atoms with Crippen molar-refractivity contribution in [3.63, 3.8) is 0 Å². The Morgan fingerprint density at radius 2 is 1.61 bits per heavy atom. The van der Waals surface area contributed by atoms with Crippen LogP contribution in [0.3, 0.4) is 0 Å². The number of aliphatic hydroxyl groups excluding tert-OH is 1. The molecule has 11 heteroatoms. The van der Waals surface area contributed by atoms with Crippen molar-refractivity contribution in [1.82, 2.24) is 10.2 Å². The molecule has 244 valence electrons. The molecule has 1 saturated heterocycles. The number of ether oxygens (including phenoxy) is 1. The van der Waals surface area contributed by atoms with E-state index >= 15 is 0 Å². The van der Waals surface area contributed by atoms with E-state index in [2.05, 4.69) is 34.5 Å². The van der Waals surface area contributed by atoms with Crippen LogP contribution in [0.25, 0.3) is 16.5 Å². The molecule has 0 spiro atoms. The van der Waals surface area contributed by atoms with Crippen LogP contribution in [0.1, 0.15) is 33.9 Å². The van der Waals surface area contributed by atoms with Gasteiger partial charge in [0, 0.05) is 11.3 Å². The lowest BCUT2D eigenvalue weighted by Crippen LogP contribution is -2.29. The summed E-state index contributed by atoms with van der Waals surface area (Å²) in [4.78, 5) is 28.7. The number of carbonyl (C=O) groups excluding carboxylic acids is 2. The van der Waals surface area contributed by atoms with Crippen LogP contribution in [0.15, 0.2) is 119 Å². The number of hydrogen-bond acceptors (Lipinski definition) is 8. The molecule has 2 heterocycles. The van der Waals surface area contributed by atoms with E-state index in [1.165, 1.54) is 28.0 Å². The van der Waals surface area contributed by atoms with Gasteiger partial charge in [-0.2, -0.15) is 0 Å². The number of amides is 1. The monoisotopic (exact) mass is 723 g/mol. The highest BCUT2D eigenvalue weighted by Crippen LogP contribution is 2.45. The van der Waals surface area contributed by atoms with Crippen LogP contribution in [0.4, 0.5) is 5.13 Å². The molecule has 0 bridgehead atoms. The highest BCUT2D eigenvalue weighted by Gasteiger charge is 2.48. The number of Topliss-reactive ketones (excluding diaryl/α,β-unsaturated/α-hetero) is 1. The van der Waals surface area contributed by atoms with E-state index in [0.717, 1.165) is 27.5 Å². The third-order valence-electron chi connectivity index (χ3n) is 8.32. The molecule has 0 saturated carbocycles. The quantitative estimate of drug-likeness (QED) is 0.0522. The van der Waals surface area contributed by atoms with Gasteiger partial charge in [0.05, 0.1) is 21.7 Å². The molecule has 49 heavy (non-hydrogen) atoms. The third kappa shape index (κ3) is 6.67. The predicted molar refractivity (Wildman–Crippen MR) is 197 cm³/mol. The Balaban J connectivity index is 1.19. The van der Waals surface area contributed by atoms with Crippen molar-refractivity contribution in [2.45, 2.75) is 29.7 Å². The maximum Gasteiger partial charge on any atom is 0.301 e. The molecule has 1 aliphatic heterocycles. The summed E-state index contributed by atoms with van der Waals surface area (Å²) in [5.74, 6) is -0.803. The minimum absolute atomic E-state index is 0.0999. The molecular formula is C38H27Cl2N3O4S2. The summed E-state index contributed by atoms with van der Waals surface area (Å²) < 4.78 is 6.59. The zero-order valence-corrected chi connectivity index (χ0v) is 29.1. The number of rotatable bonds is 9. The van der Waals surface area contributed by atoms with Crippen molar-refractivity contribution >= 4 is 79.7 Å². The number of benzene rings is 5. The Hall–Kier alpha value is -4.67. The van der Waals surface area contributed by atoms with Crippen molar-refractivity contribution in [3.05, 3.63) is 153 Å². The van der Waals surface area contributed by atoms with Gasteiger partial charge in [-0.05, 0) is 76.3 Å². The maximum atomic E-state index is 13.7. The third-order valence-corrected chi connectivity index (χ3v) is 11.2. The van der Waals surface area contributed by atoms with E-state index < -0.39 is 17.7 Å². The topological polar surface area (TPSA) is 92.6 Å². The first-order valence-electron chi connectivity index (χ1n) is 15.2. The number of nitrogens with zero attached hydrogens (tertiary/aromatic N) is 3. The van der Waals surface area contributed by atoms with Crippen molar-refractivity contribution in [3.8, 4) is 5.75 Å². The Bertz CT molecular complexity index is 2250. The first-order chi connectivity index (χ1) is 23.8. The summed E-state index contributed by atoms with van der Waals surface area (Å²) in [5.41, 5.74) is 4.04. The molecular weight excluding hydrogens is 697 g/mol. The van der Waals surface area contributed by atoms with Gasteiger partial charge in [0.15, 0.2) is 4.34 Å². The van der Waals surface area contributed by atoms with Crippen LogP contribution in [0, 0.1) is 6.92 Å². The SMILES string of the molecule is Cc1ccccc1COc1ccc(/C(O)=C2\C(=O)C(=O)N(c3nnc(SCc4cccc5ccccc45)s3)C2c2ccc(Cl)c(Cl)c2)cc1. The van der Waals surface area contributed by atoms with Crippen molar-refractivity contribution in [2.24, 2.45) is 0 Å². The number of aromatic nitrogens is 2. The molecule has 7 nitrogen and oxygen atoms in total. The normalized spacial score (nSPS) is 15.7. The van der Waals surface area contributed by atoms with Gasteiger partial charge in [-0.3, -0.25) is 14.5 Å². The number of ketones is 1. The summed E-state index contributed by atoms with van der Waals surface area (Å²) >= 11 is 15.3. The molecule has 1 amide bonds. The van der Waals surface area contributed by atoms with Gasteiger partial charge < -0.3 is 9.84 Å². The lowest BCUT2D eigenvalue weighted by molar-refractivity contribution is -0.132. The minimum atomic E-state index is -1.03. The first kappa shape index (κ1) is 32.9. The van der Waals surface area contributed by atoms with Gasteiger partial charge in [-0.1, -0.05) is 119 Å². The number of anilines is 1. The summed E-state index contributed by atoms with van der Waals surface area (Å²) in [5, 5.41) is 23.3. The Labute approximate surface area is 300 Å². The summed E-state index contributed by atoms with van der Waals surface area (Å²) in [7, 11) is 0. The second kappa shape index (κ2) is 14.1. The molecule has 1 unspecified atom stereocenters.